The molecule has 0 radical (unpaired) electrons. The third-order valence-corrected chi connectivity index (χ3v) is 4.21. The largest absolute Gasteiger partial charge is 0.490 e. The van der Waals surface area contributed by atoms with Crippen molar-refractivity contribution in [1.82, 2.24) is 9.88 Å². The number of aromatic nitrogens is 1. The van der Waals surface area contributed by atoms with Gasteiger partial charge in [0.15, 0.2) is 5.75 Å². The van der Waals surface area contributed by atoms with E-state index in [1.54, 1.807) is 12.1 Å². The summed E-state index contributed by atoms with van der Waals surface area (Å²) in [5.74, 6) is 0.299. The van der Waals surface area contributed by atoms with Crippen LogP contribution in [0.15, 0.2) is 42.6 Å². The number of pyridine rings is 1. The zero-order chi connectivity index (χ0) is 16.9. The fraction of sp³-hybridized carbons (Fsp3) is 0.353. The number of hydrogen-bond donors (Lipinski definition) is 0. The van der Waals surface area contributed by atoms with E-state index in [9.17, 15) is 10.1 Å². The standard InChI is InChI=1S/C17H20N4O3/c1-24-17-12-15(5-6-16(17)21(22)23)20-10-8-19(9-11-20)13-14-4-2-3-7-18-14/h2-7,12H,8-11,13H2,1H3. The molecule has 0 aliphatic carbocycles. The van der Waals surface area contributed by atoms with Crippen LogP contribution in [0, 0.1) is 10.1 Å². The molecule has 7 nitrogen and oxygen atoms in total. The lowest BCUT2D eigenvalue weighted by atomic mass is 10.2. The van der Waals surface area contributed by atoms with Gasteiger partial charge in [-0.2, -0.15) is 0 Å². The minimum Gasteiger partial charge on any atom is -0.490 e. The van der Waals surface area contributed by atoms with Crippen molar-refractivity contribution in [2.24, 2.45) is 0 Å². The summed E-state index contributed by atoms with van der Waals surface area (Å²) in [6.07, 6.45) is 1.81. The zero-order valence-corrected chi connectivity index (χ0v) is 13.6. The molecule has 1 aliphatic heterocycles. The van der Waals surface area contributed by atoms with Crippen LogP contribution >= 0.6 is 0 Å². The van der Waals surface area contributed by atoms with E-state index < -0.39 is 4.92 Å². The number of rotatable bonds is 5. The highest BCUT2D eigenvalue weighted by Crippen LogP contribution is 2.31. The number of methoxy groups -OCH3 is 1. The van der Waals surface area contributed by atoms with E-state index in [0.29, 0.717) is 5.75 Å². The number of piperazine rings is 1. The van der Waals surface area contributed by atoms with Crippen molar-refractivity contribution in [2.45, 2.75) is 6.54 Å². The maximum Gasteiger partial charge on any atom is 0.311 e. The van der Waals surface area contributed by atoms with Crippen LogP contribution in [0.3, 0.4) is 0 Å². The van der Waals surface area contributed by atoms with Crippen molar-refractivity contribution < 1.29 is 9.66 Å². The highest BCUT2D eigenvalue weighted by molar-refractivity contribution is 5.59. The second-order valence-electron chi connectivity index (χ2n) is 5.70. The maximum absolute atomic E-state index is 11.0. The average Bonchev–Trinajstić information content (AvgIpc) is 2.62. The smallest absolute Gasteiger partial charge is 0.311 e. The van der Waals surface area contributed by atoms with E-state index in [-0.39, 0.29) is 5.69 Å². The average molecular weight is 328 g/mol. The molecule has 1 saturated heterocycles. The molecule has 0 unspecified atom stereocenters. The van der Waals surface area contributed by atoms with Gasteiger partial charge in [-0.05, 0) is 18.2 Å². The highest BCUT2D eigenvalue weighted by Gasteiger charge is 2.21. The Hall–Kier alpha value is -2.67. The Bertz CT molecular complexity index is 700. The van der Waals surface area contributed by atoms with Crippen LogP contribution in [0.2, 0.25) is 0 Å². The van der Waals surface area contributed by atoms with Crippen molar-refractivity contribution in [3.8, 4) is 5.75 Å². The highest BCUT2D eigenvalue weighted by atomic mass is 16.6. The molecule has 0 atom stereocenters. The van der Waals surface area contributed by atoms with Gasteiger partial charge in [0, 0.05) is 56.7 Å². The lowest BCUT2D eigenvalue weighted by molar-refractivity contribution is -0.385. The fourth-order valence-corrected chi connectivity index (χ4v) is 2.90. The summed E-state index contributed by atoms with van der Waals surface area (Å²) in [6, 6.07) is 11.0. The molecule has 0 spiro atoms. The summed E-state index contributed by atoms with van der Waals surface area (Å²) in [4.78, 5) is 19.5. The molecule has 0 N–H and O–H groups in total. The van der Waals surface area contributed by atoms with Crippen molar-refractivity contribution in [3.05, 3.63) is 58.4 Å². The Morgan fingerprint density at radius 2 is 2.00 bits per heavy atom. The molecule has 7 heteroatoms. The number of benzene rings is 1. The summed E-state index contributed by atoms with van der Waals surface area (Å²) in [6.45, 7) is 4.44. The summed E-state index contributed by atoms with van der Waals surface area (Å²) in [7, 11) is 1.46. The summed E-state index contributed by atoms with van der Waals surface area (Å²) in [5, 5.41) is 11.0. The van der Waals surface area contributed by atoms with Gasteiger partial charge in [-0.3, -0.25) is 20.0 Å². The molecule has 1 fully saturated rings. The first kappa shape index (κ1) is 16.2. The fourth-order valence-electron chi connectivity index (χ4n) is 2.90. The molecule has 0 saturated carbocycles. The first-order valence-corrected chi connectivity index (χ1v) is 7.87. The molecule has 0 bridgehead atoms. The van der Waals surface area contributed by atoms with E-state index in [1.165, 1.54) is 13.2 Å². The van der Waals surface area contributed by atoms with Gasteiger partial charge < -0.3 is 9.64 Å². The van der Waals surface area contributed by atoms with Crippen LogP contribution < -0.4 is 9.64 Å². The van der Waals surface area contributed by atoms with Crippen molar-refractivity contribution in [3.63, 3.8) is 0 Å². The van der Waals surface area contributed by atoms with Crippen LogP contribution in [-0.4, -0.2) is 48.1 Å². The van der Waals surface area contributed by atoms with E-state index in [1.807, 2.05) is 24.4 Å². The lowest BCUT2D eigenvalue weighted by Crippen LogP contribution is -2.46. The third-order valence-electron chi connectivity index (χ3n) is 4.21. The van der Waals surface area contributed by atoms with Gasteiger partial charge >= 0.3 is 5.69 Å². The molecule has 1 aromatic carbocycles. The van der Waals surface area contributed by atoms with Gasteiger partial charge in [-0.1, -0.05) is 6.07 Å². The van der Waals surface area contributed by atoms with Crippen molar-refractivity contribution >= 4 is 11.4 Å². The lowest BCUT2D eigenvalue weighted by Gasteiger charge is -2.36. The van der Waals surface area contributed by atoms with Gasteiger partial charge in [0.1, 0.15) is 0 Å². The number of anilines is 1. The van der Waals surface area contributed by atoms with Crippen molar-refractivity contribution in [1.29, 1.82) is 0 Å². The second kappa shape index (κ2) is 7.27. The molecule has 0 amide bonds. The third kappa shape index (κ3) is 3.62. The van der Waals surface area contributed by atoms with Gasteiger partial charge in [0.2, 0.25) is 0 Å². The molecule has 3 rings (SSSR count). The Morgan fingerprint density at radius 1 is 1.21 bits per heavy atom. The Morgan fingerprint density at radius 3 is 2.62 bits per heavy atom. The van der Waals surface area contributed by atoms with Crippen LogP contribution in [0.1, 0.15) is 5.69 Å². The molecular formula is C17H20N4O3. The van der Waals surface area contributed by atoms with Crippen LogP contribution in [0.5, 0.6) is 5.75 Å². The quantitative estimate of drug-likeness (QED) is 0.619. The Kier molecular flexibility index (Phi) is 4.90. The normalized spacial score (nSPS) is 15.3. The summed E-state index contributed by atoms with van der Waals surface area (Å²) in [5.41, 5.74) is 2.02. The minimum atomic E-state index is -0.423. The summed E-state index contributed by atoms with van der Waals surface area (Å²) >= 11 is 0. The molecule has 1 aliphatic rings. The van der Waals surface area contributed by atoms with Crippen molar-refractivity contribution in [2.75, 3.05) is 38.2 Å². The predicted octanol–water partition coefficient (Wildman–Crippen LogP) is 2.32. The van der Waals surface area contributed by atoms with Gasteiger partial charge in [0.05, 0.1) is 17.7 Å². The minimum absolute atomic E-state index is 0.00459. The Labute approximate surface area is 140 Å². The molecule has 1 aromatic heterocycles. The number of nitro groups is 1. The SMILES string of the molecule is COc1cc(N2CCN(Cc3ccccn3)CC2)ccc1[N+](=O)[O-]. The zero-order valence-electron chi connectivity index (χ0n) is 13.6. The van der Waals surface area contributed by atoms with E-state index in [2.05, 4.69) is 14.8 Å². The first-order valence-electron chi connectivity index (χ1n) is 7.87. The number of hydrogen-bond acceptors (Lipinski definition) is 6. The second-order valence-corrected chi connectivity index (χ2v) is 5.70. The summed E-state index contributed by atoms with van der Waals surface area (Å²) < 4.78 is 5.15. The van der Waals surface area contributed by atoms with Crippen LogP contribution in [-0.2, 0) is 6.54 Å². The predicted molar refractivity (Wildman–Crippen MR) is 91.4 cm³/mol. The molecular weight excluding hydrogens is 308 g/mol. The van der Waals surface area contributed by atoms with E-state index in [0.717, 1.165) is 44.1 Å². The van der Waals surface area contributed by atoms with Gasteiger partial charge in [0.25, 0.3) is 0 Å². The topological polar surface area (TPSA) is 71.7 Å². The van der Waals surface area contributed by atoms with Crippen LogP contribution in [0.4, 0.5) is 11.4 Å². The van der Waals surface area contributed by atoms with E-state index >= 15 is 0 Å². The monoisotopic (exact) mass is 328 g/mol. The van der Waals surface area contributed by atoms with E-state index in [4.69, 9.17) is 4.74 Å². The maximum atomic E-state index is 11.0. The molecule has 2 aromatic rings. The molecule has 2 heterocycles. The van der Waals surface area contributed by atoms with Gasteiger partial charge in [-0.25, -0.2) is 0 Å². The Balaban J connectivity index is 1.63. The molecule has 24 heavy (non-hydrogen) atoms. The first-order chi connectivity index (χ1) is 11.7. The van der Waals surface area contributed by atoms with Gasteiger partial charge in [-0.15, -0.1) is 0 Å². The number of nitro benzene ring substituents is 1. The van der Waals surface area contributed by atoms with Crippen LogP contribution in [0.25, 0.3) is 0 Å². The molecule has 126 valence electrons. The number of nitrogens with zero attached hydrogens (tertiary/aromatic N) is 4. The number of ether oxygens (including phenoxy) is 1.